The number of amides is 2. The molecule has 0 unspecified atom stereocenters. The number of benzene rings is 2. The average molecular weight is 379 g/mol. The number of methoxy groups -OCH3 is 2. The lowest BCUT2D eigenvalue weighted by molar-refractivity contribution is -0.123. The second-order valence-electron chi connectivity index (χ2n) is 5.25. The van der Waals surface area contributed by atoms with Crippen LogP contribution in [0, 0.1) is 6.92 Å². The van der Waals surface area contributed by atoms with Gasteiger partial charge in [-0.15, -0.1) is 0 Å². The Hall–Kier alpha value is -2.93. The third-order valence-electron chi connectivity index (χ3n) is 3.46. The molecule has 0 aliphatic heterocycles. The Labute approximate surface area is 156 Å². The van der Waals surface area contributed by atoms with Crippen LogP contribution in [0.25, 0.3) is 0 Å². The van der Waals surface area contributed by atoms with E-state index in [1.807, 2.05) is 25.1 Å². The number of hydrazine groups is 1. The number of carbonyl (C=O) groups excluding carboxylic acids is 2. The van der Waals surface area contributed by atoms with Crippen molar-refractivity contribution in [2.75, 3.05) is 20.8 Å². The fourth-order valence-corrected chi connectivity index (χ4v) is 2.43. The molecular formula is C18H19ClN2O5. The zero-order valence-corrected chi connectivity index (χ0v) is 15.3. The van der Waals surface area contributed by atoms with E-state index < -0.39 is 11.8 Å². The number of hydrogen-bond acceptors (Lipinski definition) is 5. The first-order chi connectivity index (χ1) is 12.5. The first-order valence-electron chi connectivity index (χ1n) is 7.65. The molecule has 8 heteroatoms. The molecule has 0 radical (unpaired) electrons. The molecular weight excluding hydrogens is 360 g/mol. The van der Waals surface area contributed by atoms with Gasteiger partial charge in [-0.1, -0.05) is 29.8 Å². The molecule has 0 aliphatic carbocycles. The third-order valence-corrected chi connectivity index (χ3v) is 3.74. The van der Waals surface area contributed by atoms with E-state index >= 15 is 0 Å². The van der Waals surface area contributed by atoms with Gasteiger partial charge in [-0.05, 0) is 30.7 Å². The van der Waals surface area contributed by atoms with E-state index in [4.69, 9.17) is 25.8 Å². The minimum Gasteiger partial charge on any atom is -0.493 e. The van der Waals surface area contributed by atoms with Gasteiger partial charge < -0.3 is 14.2 Å². The Balaban J connectivity index is 1.93. The van der Waals surface area contributed by atoms with Gasteiger partial charge in [0.05, 0.1) is 19.2 Å². The highest BCUT2D eigenvalue weighted by Crippen LogP contribution is 2.35. The zero-order valence-electron chi connectivity index (χ0n) is 14.6. The maximum atomic E-state index is 12.2. The SMILES string of the molecule is COc1cc(C(=O)NNC(=O)COc2ccccc2C)cc(Cl)c1OC. The standard InChI is InChI=1S/C18H19ClN2O5/c1-11-6-4-5-7-14(11)26-10-16(22)20-21-18(23)12-8-13(19)17(25-3)15(9-12)24-2/h4-9H,10H2,1-3H3,(H,20,22)(H,21,23). The lowest BCUT2D eigenvalue weighted by Crippen LogP contribution is -2.43. The molecule has 2 aromatic rings. The van der Waals surface area contributed by atoms with Crippen molar-refractivity contribution in [3.8, 4) is 17.2 Å². The van der Waals surface area contributed by atoms with Crippen LogP contribution >= 0.6 is 11.6 Å². The van der Waals surface area contributed by atoms with Crippen molar-refractivity contribution >= 4 is 23.4 Å². The fraction of sp³-hybridized carbons (Fsp3) is 0.222. The summed E-state index contributed by atoms with van der Waals surface area (Å²) in [6.45, 7) is 1.63. The molecule has 2 aromatic carbocycles. The van der Waals surface area contributed by atoms with E-state index in [0.29, 0.717) is 17.2 Å². The third kappa shape index (κ3) is 4.80. The summed E-state index contributed by atoms with van der Waals surface area (Å²) in [5.41, 5.74) is 5.68. The number of carbonyl (C=O) groups is 2. The lowest BCUT2D eigenvalue weighted by Gasteiger charge is -2.13. The summed E-state index contributed by atoms with van der Waals surface area (Å²) in [6.07, 6.45) is 0. The Morgan fingerprint density at radius 2 is 1.77 bits per heavy atom. The number of halogens is 1. The van der Waals surface area contributed by atoms with Crippen LogP contribution in [0.3, 0.4) is 0 Å². The minimum absolute atomic E-state index is 0.202. The molecule has 138 valence electrons. The molecule has 26 heavy (non-hydrogen) atoms. The van der Waals surface area contributed by atoms with E-state index in [9.17, 15) is 9.59 Å². The first kappa shape index (κ1) is 19.4. The van der Waals surface area contributed by atoms with Crippen LogP contribution in [-0.4, -0.2) is 32.6 Å². The highest BCUT2D eigenvalue weighted by Gasteiger charge is 2.15. The molecule has 2 N–H and O–H groups in total. The number of aryl methyl sites for hydroxylation is 1. The first-order valence-corrected chi connectivity index (χ1v) is 8.03. The van der Waals surface area contributed by atoms with Gasteiger partial charge in [0.2, 0.25) is 0 Å². The van der Waals surface area contributed by atoms with E-state index in [1.165, 1.54) is 26.4 Å². The van der Waals surface area contributed by atoms with Crippen LogP contribution in [0.4, 0.5) is 0 Å². The van der Waals surface area contributed by atoms with Crippen LogP contribution < -0.4 is 25.1 Å². The van der Waals surface area contributed by atoms with Gasteiger partial charge in [-0.25, -0.2) is 0 Å². The normalized spacial score (nSPS) is 10.0. The van der Waals surface area contributed by atoms with Gasteiger partial charge in [0.15, 0.2) is 18.1 Å². The molecule has 0 spiro atoms. The van der Waals surface area contributed by atoms with Gasteiger partial charge in [0.1, 0.15) is 5.75 Å². The van der Waals surface area contributed by atoms with E-state index in [1.54, 1.807) is 6.07 Å². The van der Waals surface area contributed by atoms with Crippen molar-refractivity contribution in [1.82, 2.24) is 10.9 Å². The summed E-state index contributed by atoms with van der Waals surface area (Å²) in [6, 6.07) is 10.2. The lowest BCUT2D eigenvalue weighted by atomic mass is 10.2. The predicted octanol–water partition coefficient (Wildman–Crippen LogP) is 2.51. The molecule has 7 nitrogen and oxygen atoms in total. The molecule has 2 rings (SSSR count). The number of rotatable bonds is 6. The average Bonchev–Trinajstić information content (AvgIpc) is 2.64. The van der Waals surface area contributed by atoms with E-state index in [0.717, 1.165) is 5.56 Å². The largest absolute Gasteiger partial charge is 0.493 e. The molecule has 0 fully saturated rings. The van der Waals surface area contributed by atoms with E-state index in [2.05, 4.69) is 10.9 Å². The van der Waals surface area contributed by atoms with Crippen LogP contribution in [0.5, 0.6) is 17.2 Å². The summed E-state index contributed by atoms with van der Waals surface area (Å²) in [4.78, 5) is 24.0. The van der Waals surface area contributed by atoms with Crippen LogP contribution in [0.1, 0.15) is 15.9 Å². The molecule has 0 aliphatic rings. The zero-order chi connectivity index (χ0) is 19.1. The van der Waals surface area contributed by atoms with Crippen LogP contribution in [0.15, 0.2) is 36.4 Å². The van der Waals surface area contributed by atoms with Crippen molar-refractivity contribution in [1.29, 1.82) is 0 Å². The van der Waals surface area contributed by atoms with E-state index in [-0.39, 0.29) is 17.2 Å². The second-order valence-corrected chi connectivity index (χ2v) is 5.66. The van der Waals surface area contributed by atoms with Crippen molar-refractivity contribution in [2.45, 2.75) is 6.92 Å². The topological polar surface area (TPSA) is 85.9 Å². The summed E-state index contributed by atoms with van der Waals surface area (Å²) in [7, 11) is 2.87. The van der Waals surface area contributed by atoms with Crippen molar-refractivity contribution in [2.24, 2.45) is 0 Å². The van der Waals surface area contributed by atoms with Gasteiger partial charge in [-0.2, -0.15) is 0 Å². The van der Waals surface area contributed by atoms with Crippen molar-refractivity contribution in [3.05, 3.63) is 52.5 Å². The molecule has 0 atom stereocenters. The highest BCUT2D eigenvalue weighted by molar-refractivity contribution is 6.32. The molecule has 0 heterocycles. The Morgan fingerprint density at radius 3 is 2.42 bits per heavy atom. The maximum Gasteiger partial charge on any atom is 0.276 e. The van der Waals surface area contributed by atoms with Gasteiger partial charge in [-0.3, -0.25) is 20.4 Å². The number of nitrogens with one attached hydrogen (secondary N) is 2. The second kappa shape index (κ2) is 8.96. The summed E-state index contributed by atoms with van der Waals surface area (Å²) in [5, 5.41) is 0.214. The Kier molecular flexibility index (Phi) is 6.68. The smallest absolute Gasteiger partial charge is 0.276 e. The number of hydrogen-bond donors (Lipinski definition) is 2. The molecule has 0 saturated heterocycles. The molecule has 2 amide bonds. The highest BCUT2D eigenvalue weighted by atomic mass is 35.5. The Morgan fingerprint density at radius 1 is 1.04 bits per heavy atom. The Bertz CT molecular complexity index is 810. The van der Waals surface area contributed by atoms with Crippen LogP contribution in [0.2, 0.25) is 5.02 Å². The monoisotopic (exact) mass is 378 g/mol. The molecule has 0 bridgehead atoms. The van der Waals surface area contributed by atoms with Gasteiger partial charge in [0, 0.05) is 5.56 Å². The maximum absolute atomic E-state index is 12.2. The quantitative estimate of drug-likeness (QED) is 0.754. The number of ether oxygens (including phenoxy) is 3. The van der Waals surface area contributed by atoms with Gasteiger partial charge in [0.25, 0.3) is 11.8 Å². The minimum atomic E-state index is -0.558. The molecule has 0 saturated carbocycles. The number of para-hydroxylation sites is 1. The fourth-order valence-electron chi connectivity index (χ4n) is 2.15. The van der Waals surface area contributed by atoms with Crippen LogP contribution in [-0.2, 0) is 4.79 Å². The van der Waals surface area contributed by atoms with Crippen molar-refractivity contribution < 1.29 is 23.8 Å². The predicted molar refractivity (Wildman–Crippen MR) is 96.8 cm³/mol. The summed E-state index contributed by atoms with van der Waals surface area (Å²) < 4.78 is 15.6. The van der Waals surface area contributed by atoms with Gasteiger partial charge >= 0.3 is 0 Å². The molecule has 0 aromatic heterocycles. The summed E-state index contributed by atoms with van der Waals surface area (Å²) in [5.74, 6) is 0.159. The van der Waals surface area contributed by atoms with Crippen molar-refractivity contribution in [3.63, 3.8) is 0 Å². The summed E-state index contributed by atoms with van der Waals surface area (Å²) >= 11 is 6.06.